The second-order valence-corrected chi connectivity index (χ2v) is 5.56. The highest BCUT2D eigenvalue weighted by molar-refractivity contribution is 6.01. The number of nitrogens with zero attached hydrogens (tertiary/aromatic N) is 2. The quantitative estimate of drug-likeness (QED) is 0.808. The third-order valence-corrected chi connectivity index (χ3v) is 4.49. The number of rotatable bonds is 1. The number of hydrogen-bond acceptors (Lipinski definition) is 3. The molecule has 1 amide bonds. The SMILES string of the molecule is O=C1N(c2ccc3[nH]ncc3c2)CCC12CCNC2. The highest BCUT2D eigenvalue weighted by Gasteiger charge is 2.48. The zero-order chi connectivity index (χ0) is 12.9. The van der Waals surface area contributed by atoms with Crippen LogP contribution in [-0.4, -0.2) is 35.7 Å². The van der Waals surface area contributed by atoms with E-state index in [9.17, 15) is 4.79 Å². The summed E-state index contributed by atoms with van der Waals surface area (Å²) in [4.78, 5) is 14.6. The van der Waals surface area contributed by atoms with Crippen LogP contribution in [0, 0.1) is 5.41 Å². The molecule has 1 spiro atoms. The Morgan fingerprint density at radius 1 is 1.32 bits per heavy atom. The fourth-order valence-corrected chi connectivity index (χ4v) is 3.30. The lowest BCUT2D eigenvalue weighted by Gasteiger charge is -2.22. The molecule has 0 aliphatic carbocycles. The maximum Gasteiger partial charge on any atom is 0.234 e. The molecule has 4 rings (SSSR count). The molecule has 5 nitrogen and oxygen atoms in total. The van der Waals surface area contributed by atoms with Gasteiger partial charge in [0.25, 0.3) is 0 Å². The van der Waals surface area contributed by atoms with Gasteiger partial charge in [-0.1, -0.05) is 0 Å². The molecule has 2 saturated heterocycles. The molecule has 19 heavy (non-hydrogen) atoms. The summed E-state index contributed by atoms with van der Waals surface area (Å²) in [6.45, 7) is 2.61. The number of amides is 1. The summed E-state index contributed by atoms with van der Waals surface area (Å²) >= 11 is 0. The minimum absolute atomic E-state index is 0.147. The molecule has 2 aromatic rings. The maximum absolute atomic E-state index is 12.7. The molecule has 5 heteroatoms. The van der Waals surface area contributed by atoms with Crippen molar-refractivity contribution in [2.75, 3.05) is 24.5 Å². The fraction of sp³-hybridized carbons (Fsp3) is 0.429. The minimum Gasteiger partial charge on any atom is -0.316 e. The number of benzene rings is 1. The van der Waals surface area contributed by atoms with E-state index < -0.39 is 0 Å². The number of hydrogen-bond donors (Lipinski definition) is 2. The first kappa shape index (κ1) is 11.0. The van der Waals surface area contributed by atoms with Gasteiger partial charge in [0.15, 0.2) is 0 Å². The van der Waals surface area contributed by atoms with Crippen LogP contribution in [0.2, 0.25) is 0 Å². The Labute approximate surface area is 111 Å². The molecule has 3 heterocycles. The van der Waals surface area contributed by atoms with Gasteiger partial charge in [-0.25, -0.2) is 0 Å². The van der Waals surface area contributed by atoms with Crippen molar-refractivity contribution in [3.8, 4) is 0 Å². The summed E-state index contributed by atoms with van der Waals surface area (Å²) in [7, 11) is 0. The first-order valence-corrected chi connectivity index (χ1v) is 6.74. The molecule has 2 N–H and O–H groups in total. The first-order chi connectivity index (χ1) is 9.28. The van der Waals surface area contributed by atoms with Crippen molar-refractivity contribution in [2.24, 2.45) is 5.41 Å². The standard InChI is InChI=1S/C14H16N4O/c19-13-14(3-5-15-9-14)4-6-18(13)11-1-2-12-10(7-11)8-16-17-12/h1-2,7-8,15H,3-6,9H2,(H,16,17). The number of fused-ring (bicyclic) bond motifs is 1. The first-order valence-electron chi connectivity index (χ1n) is 6.74. The van der Waals surface area contributed by atoms with Crippen LogP contribution >= 0.6 is 0 Å². The van der Waals surface area contributed by atoms with Gasteiger partial charge in [0.05, 0.1) is 17.1 Å². The van der Waals surface area contributed by atoms with Gasteiger partial charge in [-0.3, -0.25) is 9.89 Å². The molecule has 0 bridgehead atoms. The van der Waals surface area contributed by atoms with Crippen molar-refractivity contribution in [3.05, 3.63) is 24.4 Å². The number of H-pyrrole nitrogens is 1. The topological polar surface area (TPSA) is 61.0 Å². The Balaban J connectivity index is 1.70. The van der Waals surface area contributed by atoms with Gasteiger partial charge in [0, 0.05) is 24.2 Å². The average molecular weight is 256 g/mol. The number of carbonyl (C=O) groups is 1. The van der Waals surface area contributed by atoms with Gasteiger partial charge in [-0.2, -0.15) is 5.10 Å². The second kappa shape index (κ2) is 3.81. The van der Waals surface area contributed by atoms with Crippen LogP contribution in [0.25, 0.3) is 10.9 Å². The monoisotopic (exact) mass is 256 g/mol. The molecule has 2 aliphatic rings. The smallest absolute Gasteiger partial charge is 0.234 e. The van der Waals surface area contributed by atoms with Crippen molar-refractivity contribution in [1.82, 2.24) is 15.5 Å². The average Bonchev–Trinajstić information content (AvgIpc) is 3.13. The van der Waals surface area contributed by atoms with Gasteiger partial charge in [-0.05, 0) is 37.6 Å². The summed E-state index contributed by atoms with van der Waals surface area (Å²) in [5.74, 6) is 0.278. The number of aromatic nitrogens is 2. The van der Waals surface area contributed by atoms with E-state index in [2.05, 4.69) is 15.5 Å². The van der Waals surface area contributed by atoms with Crippen LogP contribution in [0.5, 0.6) is 0 Å². The predicted molar refractivity (Wildman–Crippen MR) is 73.0 cm³/mol. The van der Waals surface area contributed by atoms with Gasteiger partial charge in [0.1, 0.15) is 0 Å². The molecule has 1 unspecified atom stereocenters. The van der Waals surface area contributed by atoms with Gasteiger partial charge in [-0.15, -0.1) is 0 Å². The van der Waals surface area contributed by atoms with Crippen LogP contribution < -0.4 is 10.2 Å². The molecule has 1 atom stereocenters. The highest BCUT2D eigenvalue weighted by Crippen LogP contribution is 2.39. The summed E-state index contributed by atoms with van der Waals surface area (Å²) in [6.07, 6.45) is 3.73. The normalized spacial score (nSPS) is 26.9. The van der Waals surface area contributed by atoms with E-state index >= 15 is 0 Å². The molecule has 98 valence electrons. The van der Waals surface area contributed by atoms with E-state index in [1.807, 2.05) is 23.1 Å². The van der Waals surface area contributed by atoms with Crippen LogP contribution in [0.4, 0.5) is 5.69 Å². The van der Waals surface area contributed by atoms with Gasteiger partial charge in [0.2, 0.25) is 5.91 Å². The number of carbonyl (C=O) groups excluding carboxylic acids is 1. The van der Waals surface area contributed by atoms with Crippen molar-refractivity contribution in [3.63, 3.8) is 0 Å². The molecule has 2 fully saturated rings. The third kappa shape index (κ3) is 1.51. The van der Waals surface area contributed by atoms with Crippen molar-refractivity contribution in [1.29, 1.82) is 0 Å². The lowest BCUT2D eigenvalue weighted by Crippen LogP contribution is -2.36. The molecule has 0 radical (unpaired) electrons. The van der Waals surface area contributed by atoms with Crippen molar-refractivity contribution >= 4 is 22.5 Å². The second-order valence-electron chi connectivity index (χ2n) is 5.56. The summed E-state index contributed by atoms with van der Waals surface area (Å²) in [6, 6.07) is 6.03. The van der Waals surface area contributed by atoms with Gasteiger partial charge >= 0.3 is 0 Å². The lowest BCUT2D eigenvalue weighted by atomic mass is 9.86. The molecular weight excluding hydrogens is 240 g/mol. The summed E-state index contributed by atoms with van der Waals surface area (Å²) < 4.78 is 0. The zero-order valence-electron chi connectivity index (χ0n) is 10.6. The molecule has 0 saturated carbocycles. The van der Waals surface area contributed by atoms with E-state index in [1.54, 1.807) is 6.20 Å². The third-order valence-electron chi connectivity index (χ3n) is 4.49. The maximum atomic E-state index is 12.7. The van der Waals surface area contributed by atoms with E-state index in [1.165, 1.54) is 0 Å². The molecule has 1 aromatic heterocycles. The zero-order valence-corrected chi connectivity index (χ0v) is 10.6. The molecular formula is C14H16N4O. The minimum atomic E-state index is -0.147. The Morgan fingerprint density at radius 3 is 3.11 bits per heavy atom. The van der Waals surface area contributed by atoms with Gasteiger partial charge < -0.3 is 10.2 Å². The van der Waals surface area contributed by atoms with Crippen LogP contribution in [0.3, 0.4) is 0 Å². The number of nitrogens with one attached hydrogen (secondary N) is 2. The fourth-order valence-electron chi connectivity index (χ4n) is 3.30. The van der Waals surface area contributed by atoms with E-state index in [4.69, 9.17) is 0 Å². The lowest BCUT2D eigenvalue weighted by molar-refractivity contribution is -0.124. The Kier molecular flexibility index (Phi) is 2.20. The predicted octanol–water partition coefficient (Wildman–Crippen LogP) is 1.28. The highest BCUT2D eigenvalue weighted by atomic mass is 16.2. The number of aromatic amines is 1. The van der Waals surface area contributed by atoms with E-state index in [-0.39, 0.29) is 11.3 Å². The Hall–Kier alpha value is -1.88. The molecule has 2 aliphatic heterocycles. The number of anilines is 1. The summed E-state index contributed by atoms with van der Waals surface area (Å²) in [5.41, 5.74) is 1.85. The van der Waals surface area contributed by atoms with Crippen LogP contribution in [-0.2, 0) is 4.79 Å². The van der Waals surface area contributed by atoms with Crippen molar-refractivity contribution < 1.29 is 4.79 Å². The van der Waals surface area contributed by atoms with E-state index in [0.717, 1.165) is 49.1 Å². The summed E-state index contributed by atoms with van der Waals surface area (Å²) in [5, 5.41) is 11.3. The van der Waals surface area contributed by atoms with Crippen LogP contribution in [0.1, 0.15) is 12.8 Å². The van der Waals surface area contributed by atoms with E-state index in [0.29, 0.717) is 0 Å². The largest absolute Gasteiger partial charge is 0.316 e. The van der Waals surface area contributed by atoms with Crippen LogP contribution in [0.15, 0.2) is 24.4 Å². The Morgan fingerprint density at radius 2 is 2.26 bits per heavy atom. The van der Waals surface area contributed by atoms with Crippen molar-refractivity contribution in [2.45, 2.75) is 12.8 Å². The Bertz CT molecular complexity index is 642. The molecule has 1 aromatic carbocycles.